The molecule has 1 aliphatic rings. The van der Waals surface area contributed by atoms with Gasteiger partial charge in [-0.1, -0.05) is 35.9 Å². The Morgan fingerprint density at radius 3 is 2.42 bits per heavy atom. The van der Waals surface area contributed by atoms with Crippen LogP contribution in [0.3, 0.4) is 0 Å². The fraction of sp³-hybridized carbons (Fsp3) is 0.188. The molecule has 0 spiro atoms. The number of nitriles is 1. The second-order valence-electron chi connectivity index (χ2n) is 4.82. The van der Waals surface area contributed by atoms with E-state index in [-0.39, 0.29) is 0 Å². The van der Waals surface area contributed by atoms with Crippen LogP contribution in [-0.2, 0) is 12.8 Å². The van der Waals surface area contributed by atoms with Crippen LogP contribution >= 0.6 is 11.6 Å². The van der Waals surface area contributed by atoms with E-state index in [1.54, 1.807) is 6.07 Å². The van der Waals surface area contributed by atoms with Gasteiger partial charge in [0.1, 0.15) is 6.07 Å². The quantitative estimate of drug-likeness (QED) is 0.899. The molecule has 1 N–H and O–H groups in total. The van der Waals surface area contributed by atoms with Gasteiger partial charge in [-0.3, -0.25) is 0 Å². The standard InChI is InChI=1S/C16H13ClN2/c17-14-5-6-16(13(7-14)10-18)19-15-8-11-3-1-2-4-12(11)9-15/h1-7,15,19H,8-9H2. The predicted molar refractivity (Wildman–Crippen MR) is 77.4 cm³/mol. The first-order chi connectivity index (χ1) is 9.26. The van der Waals surface area contributed by atoms with Gasteiger partial charge in [0.05, 0.1) is 11.3 Å². The molecule has 3 heteroatoms. The molecule has 0 aromatic heterocycles. The minimum absolute atomic E-state index is 0.352. The number of nitrogens with one attached hydrogen (secondary N) is 1. The molecule has 0 bridgehead atoms. The summed E-state index contributed by atoms with van der Waals surface area (Å²) < 4.78 is 0. The van der Waals surface area contributed by atoms with Crippen molar-refractivity contribution in [1.29, 1.82) is 5.26 Å². The van der Waals surface area contributed by atoms with Gasteiger partial charge in [-0.15, -0.1) is 0 Å². The zero-order chi connectivity index (χ0) is 13.2. The third-order valence-corrected chi connectivity index (χ3v) is 3.75. The maximum atomic E-state index is 9.14. The van der Waals surface area contributed by atoms with E-state index in [2.05, 4.69) is 35.7 Å². The van der Waals surface area contributed by atoms with Gasteiger partial charge in [0.2, 0.25) is 0 Å². The third-order valence-electron chi connectivity index (χ3n) is 3.51. The molecule has 0 radical (unpaired) electrons. The number of anilines is 1. The largest absolute Gasteiger partial charge is 0.381 e. The van der Waals surface area contributed by atoms with Crippen LogP contribution in [0, 0.1) is 11.3 Å². The second kappa shape index (κ2) is 4.95. The van der Waals surface area contributed by atoms with Crippen molar-refractivity contribution in [3.63, 3.8) is 0 Å². The molecule has 0 amide bonds. The Hall–Kier alpha value is -1.98. The summed E-state index contributed by atoms with van der Waals surface area (Å²) in [6.45, 7) is 0. The lowest BCUT2D eigenvalue weighted by Crippen LogP contribution is -2.20. The molecule has 0 saturated heterocycles. The van der Waals surface area contributed by atoms with Crippen molar-refractivity contribution >= 4 is 17.3 Å². The average molecular weight is 269 g/mol. The zero-order valence-corrected chi connectivity index (χ0v) is 11.1. The molecule has 1 aliphatic carbocycles. The van der Waals surface area contributed by atoms with Crippen molar-refractivity contribution in [3.05, 3.63) is 64.2 Å². The summed E-state index contributed by atoms with van der Waals surface area (Å²) >= 11 is 5.91. The van der Waals surface area contributed by atoms with Crippen LogP contribution in [0.1, 0.15) is 16.7 Å². The van der Waals surface area contributed by atoms with Crippen molar-refractivity contribution in [2.75, 3.05) is 5.32 Å². The summed E-state index contributed by atoms with van der Waals surface area (Å²) in [6.07, 6.45) is 2.01. The van der Waals surface area contributed by atoms with Crippen LogP contribution < -0.4 is 5.32 Å². The van der Waals surface area contributed by atoms with Gasteiger partial charge in [0.25, 0.3) is 0 Å². The highest BCUT2D eigenvalue weighted by molar-refractivity contribution is 6.30. The van der Waals surface area contributed by atoms with Crippen molar-refractivity contribution in [2.24, 2.45) is 0 Å². The number of hydrogen-bond acceptors (Lipinski definition) is 2. The molecular weight excluding hydrogens is 256 g/mol. The Labute approximate surface area is 117 Å². The second-order valence-corrected chi connectivity index (χ2v) is 5.26. The average Bonchev–Trinajstić information content (AvgIpc) is 2.83. The van der Waals surface area contributed by atoms with Crippen LogP contribution in [-0.4, -0.2) is 6.04 Å². The zero-order valence-electron chi connectivity index (χ0n) is 10.4. The number of fused-ring (bicyclic) bond motifs is 1. The van der Waals surface area contributed by atoms with E-state index in [1.165, 1.54) is 11.1 Å². The van der Waals surface area contributed by atoms with E-state index in [0.29, 0.717) is 16.6 Å². The van der Waals surface area contributed by atoms with Crippen LogP contribution in [0.5, 0.6) is 0 Å². The SMILES string of the molecule is N#Cc1cc(Cl)ccc1NC1Cc2ccccc2C1. The smallest absolute Gasteiger partial charge is 0.101 e. The van der Waals surface area contributed by atoms with Crippen molar-refractivity contribution in [2.45, 2.75) is 18.9 Å². The summed E-state index contributed by atoms with van der Waals surface area (Å²) in [6, 6.07) is 16.4. The molecule has 0 atom stereocenters. The summed E-state index contributed by atoms with van der Waals surface area (Å²) in [5.41, 5.74) is 4.26. The van der Waals surface area contributed by atoms with Gasteiger partial charge < -0.3 is 5.32 Å². The van der Waals surface area contributed by atoms with Crippen LogP contribution in [0.25, 0.3) is 0 Å². The molecule has 0 saturated carbocycles. The minimum Gasteiger partial charge on any atom is -0.381 e. The van der Waals surface area contributed by atoms with E-state index < -0.39 is 0 Å². The molecule has 2 aromatic rings. The summed E-state index contributed by atoms with van der Waals surface area (Å²) in [7, 11) is 0. The van der Waals surface area contributed by atoms with Crippen molar-refractivity contribution < 1.29 is 0 Å². The molecular formula is C16H13ClN2. The Bertz CT molecular complexity index is 633. The number of halogens is 1. The molecule has 94 valence electrons. The lowest BCUT2D eigenvalue weighted by atomic mass is 10.1. The maximum Gasteiger partial charge on any atom is 0.101 e. The Morgan fingerprint density at radius 1 is 1.11 bits per heavy atom. The van der Waals surface area contributed by atoms with E-state index in [0.717, 1.165) is 18.5 Å². The van der Waals surface area contributed by atoms with Gasteiger partial charge in [0.15, 0.2) is 0 Å². The van der Waals surface area contributed by atoms with E-state index in [4.69, 9.17) is 16.9 Å². The first kappa shape index (κ1) is 12.1. The van der Waals surface area contributed by atoms with E-state index in [9.17, 15) is 0 Å². The summed E-state index contributed by atoms with van der Waals surface area (Å²) in [4.78, 5) is 0. The molecule has 2 nitrogen and oxygen atoms in total. The summed E-state index contributed by atoms with van der Waals surface area (Å²) in [5, 5.41) is 13.2. The molecule has 19 heavy (non-hydrogen) atoms. The lowest BCUT2D eigenvalue weighted by Gasteiger charge is -2.14. The van der Waals surface area contributed by atoms with Gasteiger partial charge in [-0.25, -0.2) is 0 Å². The lowest BCUT2D eigenvalue weighted by molar-refractivity contribution is 0.774. The molecule has 0 aliphatic heterocycles. The van der Waals surface area contributed by atoms with Gasteiger partial charge in [-0.2, -0.15) is 5.26 Å². The van der Waals surface area contributed by atoms with Gasteiger partial charge in [0, 0.05) is 11.1 Å². The normalized spacial score (nSPS) is 13.9. The highest BCUT2D eigenvalue weighted by Crippen LogP contribution is 2.26. The molecule has 0 fully saturated rings. The third kappa shape index (κ3) is 2.43. The van der Waals surface area contributed by atoms with Crippen molar-refractivity contribution in [3.8, 4) is 6.07 Å². The topological polar surface area (TPSA) is 35.8 Å². The van der Waals surface area contributed by atoms with Crippen LogP contribution in [0.15, 0.2) is 42.5 Å². The van der Waals surface area contributed by atoms with Gasteiger partial charge >= 0.3 is 0 Å². The first-order valence-electron chi connectivity index (χ1n) is 6.29. The Kier molecular flexibility index (Phi) is 3.15. The highest BCUT2D eigenvalue weighted by atomic mass is 35.5. The van der Waals surface area contributed by atoms with E-state index in [1.807, 2.05) is 12.1 Å². The minimum atomic E-state index is 0.352. The molecule has 2 aromatic carbocycles. The monoisotopic (exact) mass is 268 g/mol. The summed E-state index contributed by atoms with van der Waals surface area (Å²) in [5.74, 6) is 0. The maximum absolute atomic E-state index is 9.14. The number of rotatable bonds is 2. The van der Waals surface area contributed by atoms with Gasteiger partial charge in [-0.05, 0) is 42.2 Å². The molecule has 0 heterocycles. The van der Waals surface area contributed by atoms with Crippen LogP contribution in [0.2, 0.25) is 5.02 Å². The molecule has 3 rings (SSSR count). The highest BCUT2D eigenvalue weighted by Gasteiger charge is 2.21. The molecule has 0 unspecified atom stereocenters. The fourth-order valence-corrected chi connectivity index (χ4v) is 2.79. The first-order valence-corrected chi connectivity index (χ1v) is 6.67. The van der Waals surface area contributed by atoms with Crippen LogP contribution in [0.4, 0.5) is 5.69 Å². The number of hydrogen-bond donors (Lipinski definition) is 1. The fourth-order valence-electron chi connectivity index (χ4n) is 2.62. The van der Waals surface area contributed by atoms with Crippen molar-refractivity contribution in [1.82, 2.24) is 0 Å². The Morgan fingerprint density at radius 2 is 1.79 bits per heavy atom. The Balaban J connectivity index is 1.80. The number of benzene rings is 2. The van der Waals surface area contributed by atoms with E-state index >= 15 is 0 Å². The number of nitrogens with zero attached hydrogens (tertiary/aromatic N) is 1. The predicted octanol–water partition coefficient (Wildman–Crippen LogP) is 3.79.